The molecule has 0 saturated heterocycles. The van der Waals surface area contributed by atoms with Gasteiger partial charge in [-0.3, -0.25) is 25.8 Å². The highest BCUT2D eigenvalue weighted by Gasteiger charge is 2.24. The molecule has 16 heavy (non-hydrogen) atoms. The first-order valence-corrected chi connectivity index (χ1v) is 4.80. The lowest BCUT2D eigenvalue weighted by Gasteiger charge is -2.34. The average Bonchev–Trinajstić information content (AvgIpc) is 2.30. The van der Waals surface area contributed by atoms with Crippen LogP contribution >= 0.6 is 12.4 Å². The van der Waals surface area contributed by atoms with E-state index in [9.17, 15) is 4.79 Å². The van der Waals surface area contributed by atoms with E-state index in [0.717, 1.165) is 5.01 Å². The molecule has 0 aliphatic rings. The number of hydrogen-bond donors (Lipinski definition) is 4. The Labute approximate surface area is 103 Å². The first-order chi connectivity index (χ1) is 7.05. The summed E-state index contributed by atoms with van der Waals surface area (Å²) in [6.45, 7) is 3.79. The van der Waals surface area contributed by atoms with Crippen molar-refractivity contribution in [1.29, 1.82) is 0 Å². The molecule has 0 heterocycles. The number of nitrogens with one attached hydrogen (secondary N) is 3. The molecule has 96 valence electrons. The fourth-order valence-electron chi connectivity index (χ4n) is 1.27. The van der Waals surface area contributed by atoms with Crippen LogP contribution in [0.15, 0.2) is 12.7 Å². The van der Waals surface area contributed by atoms with Gasteiger partial charge < -0.3 is 0 Å². The number of carbonyl (C=O) groups excluding carboxylic acids is 1. The predicted molar refractivity (Wildman–Crippen MR) is 67.9 cm³/mol. The van der Waals surface area contributed by atoms with Crippen molar-refractivity contribution in [2.45, 2.75) is 12.2 Å². The predicted octanol–water partition coefficient (Wildman–Crippen LogP) is -1.00. The number of nitrogens with zero attached hydrogens (tertiary/aromatic N) is 1. The second-order valence-corrected chi connectivity index (χ2v) is 3.14. The lowest BCUT2D eigenvalue weighted by atomic mass is 10.2. The Morgan fingerprint density at radius 1 is 1.38 bits per heavy atom. The molecule has 0 aliphatic heterocycles. The van der Waals surface area contributed by atoms with Crippen LogP contribution in [0.5, 0.6) is 0 Å². The fourth-order valence-corrected chi connectivity index (χ4v) is 1.27. The molecule has 0 saturated carbocycles. The molecular formula is C9H22ClN5O. The summed E-state index contributed by atoms with van der Waals surface area (Å²) >= 11 is 0. The molecule has 0 unspecified atom stereocenters. The van der Waals surface area contributed by atoms with E-state index in [2.05, 4.69) is 22.5 Å². The van der Waals surface area contributed by atoms with Crippen molar-refractivity contribution >= 4 is 18.3 Å². The maximum atomic E-state index is 11.1. The SMILES string of the molecule is C=CC(=O)N(N)CCC(NC)(NC)NC.Cl. The zero-order chi connectivity index (χ0) is 11.9. The van der Waals surface area contributed by atoms with Crippen molar-refractivity contribution in [3.63, 3.8) is 0 Å². The first-order valence-electron chi connectivity index (χ1n) is 4.80. The fraction of sp³-hybridized carbons (Fsp3) is 0.667. The second-order valence-electron chi connectivity index (χ2n) is 3.14. The van der Waals surface area contributed by atoms with E-state index in [-0.39, 0.29) is 18.3 Å². The van der Waals surface area contributed by atoms with Crippen molar-refractivity contribution < 1.29 is 4.79 Å². The van der Waals surface area contributed by atoms with Crippen LogP contribution in [0.3, 0.4) is 0 Å². The van der Waals surface area contributed by atoms with Gasteiger partial charge in [0.05, 0.1) is 0 Å². The van der Waals surface area contributed by atoms with Gasteiger partial charge in [0.2, 0.25) is 0 Å². The van der Waals surface area contributed by atoms with Crippen LogP contribution in [0.2, 0.25) is 0 Å². The van der Waals surface area contributed by atoms with Gasteiger partial charge in [0, 0.05) is 13.0 Å². The van der Waals surface area contributed by atoms with Gasteiger partial charge in [0.1, 0.15) is 5.79 Å². The minimum Gasteiger partial charge on any atom is -0.290 e. The maximum absolute atomic E-state index is 11.1. The minimum atomic E-state index is -0.418. The molecule has 7 heteroatoms. The molecule has 0 aromatic carbocycles. The van der Waals surface area contributed by atoms with Crippen molar-refractivity contribution in [3.05, 3.63) is 12.7 Å². The van der Waals surface area contributed by atoms with Crippen molar-refractivity contribution in [2.24, 2.45) is 5.84 Å². The van der Waals surface area contributed by atoms with E-state index in [1.54, 1.807) is 0 Å². The molecule has 0 aromatic heterocycles. The minimum absolute atomic E-state index is 0. The van der Waals surface area contributed by atoms with Crippen LogP contribution in [0, 0.1) is 0 Å². The van der Waals surface area contributed by atoms with Gasteiger partial charge in [-0.25, -0.2) is 5.84 Å². The Kier molecular flexibility index (Phi) is 9.40. The Hall–Kier alpha value is -0.660. The number of nitrogens with two attached hydrogens (primary N) is 1. The Bertz CT molecular complexity index is 212. The van der Waals surface area contributed by atoms with Crippen LogP contribution in [0.25, 0.3) is 0 Å². The molecule has 1 amide bonds. The number of hydrazine groups is 1. The highest BCUT2D eigenvalue weighted by atomic mass is 35.5. The van der Waals surface area contributed by atoms with Gasteiger partial charge >= 0.3 is 0 Å². The monoisotopic (exact) mass is 251 g/mol. The largest absolute Gasteiger partial charge is 0.290 e. The van der Waals surface area contributed by atoms with E-state index in [1.165, 1.54) is 6.08 Å². The number of amides is 1. The molecule has 0 radical (unpaired) electrons. The third-order valence-electron chi connectivity index (χ3n) is 2.47. The molecular weight excluding hydrogens is 230 g/mol. The van der Waals surface area contributed by atoms with E-state index in [4.69, 9.17) is 5.84 Å². The smallest absolute Gasteiger partial charge is 0.259 e. The lowest BCUT2D eigenvalue weighted by molar-refractivity contribution is -0.126. The van der Waals surface area contributed by atoms with Crippen molar-refractivity contribution in [1.82, 2.24) is 21.0 Å². The van der Waals surface area contributed by atoms with Crippen LogP contribution < -0.4 is 21.8 Å². The zero-order valence-electron chi connectivity index (χ0n) is 10.0. The van der Waals surface area contributed by atoms with Crippen LogP contribution in [-0.4, -0.2) is 44.4 Å². The van der Waals surface area contributed by atoms with E-state index in [1.807, 2.05) is 21.1 Å². The van der Waals surface area contributed by atoms with E-state index in [0.29, 0.717) is 13.0 Å². The van der Waals surface area contributed by atoms with Gasteiger partial charge in [-0.15, -0.1) is 12.4 Å². The molecule has 6 nitrogen and oxygen atoms in total. The second kappa shape index (κ2) is 8.49. The maximum Gasteiger partial charge on any atom is 0.259 e. The van der Waals surface area contributed by atoms with Crippen LogP contribution in [0.1, 0.15) is 6.42 Å². The van der Waals surface area contributed by atoms with Gasteiger partial charge in [-0.05, 0) is 27.2 Å². The summed E-state index contributed by atoms with van der Waals surface area (Å²) in [5.41, 5.74) is 0. The topological polar surface area (TPSA) is 82.4 Å². The summed E-state index contributed by atoms with van der Waals surface area (Å²) in [7, 11) is 5.47. The van der Waals surface area contributed by atoms with Gasteiger partial charge in [-0.2, -0.15) is 0 Å². The molecule has 5 N–H and O–H groups in total. The van der Waals surface area contributed by atoms with Crippen LogP contribution in [0.4, 0.5) is 0 Å². The summed E-state index contributed by atoms with van der Waals surface area (Å²) < 4.78 is 0. The number of rotatable bonds is 7. The summed E-state index contributed by atoms with van der Waals surface area (Å²) in [5.74, 6) is 4.83. The average molecular weight is 252 g/mol. The van der Waals surface area contributed by atoms with Crippen molar-refractivity contribution in [2.75, 3.05) is 27.7 Å². The Morgan fingerprint density at radius 3 is 2.12 bits per heavy atom. The normalized spacial score (nSPS) is 10.5. The van der Waals surface area contributed by atoms with Gasteiger partial charge in [0.15, 0.2) is 0 Å². The summed E-state index contributed by atoms with van der Waals surface area (Å²) in [4.78, 5) is 11.1. The molecule has 0 spiro atoms. The molecule has 0 bridgehead atoms. The third kappa shape index (κ3) is 4.91. The molecule has 0 atom stereocenters. The van der Waals surface area contributed by atoms with Crippen LogP contribution in [-0.2, 0) is 4.79 Å². The number of carbonyl (C=O) groups is 1. The molecule has 0 aromatic rings. The standard InChI is InChI=1S/C9H21N5O.ClH/c1-5-8(15)14(10)7-6-9(11-2,12-3)13-4;/h5,11-13H,1,6-7,10H2,2-4H3;1H. The third-order valence-corrected chi connectivity index (χ3v) is 2.47. The summed E-state index contributed by atoms with van der Waals surface area (Å²) in [6, 6.07) is 0. The van der Waals surface area contributed by atoms with E-state index < -0.39 is 5.79 Å². The highest BCUT2D eigenvalue weighted by molar-refractivity contribution is 5.86. The molecule has 0 aliphatic carbocycles. The molecule has 0 rings (SSSR count). The first kappa shape index (κ1) is 17.7. The summed E-state index contributed by atoms with van der Waals surface area (Å²) in [6.07, 6.45) is 1.83. The highest BCUT2D eigenvalue weighted by Crippen LogP contribution is 2.00. The van der Waals surface area contributed by atoms with Gasteiger partial charge in [-0.1, -0.05) is 6.58 Å². The molecule has 0 fully saturated rings. The lowest BCUT2D eigenvalue weighted by Crippen LogP contribution is -2.64. The van der Waals surface area contributed by atoms with Gasteiger partial charge in [0.25, 0.3) is 5.91 Å². The Balaban J connectivity index is 0. The van der Waals surface area contributed by atoms with Crippen molar-refractivity contribution in [3.8, 4) is 0 Å². The number of hydrogen-bond acceptors (Lipinski definition) is 5. The Morgan fingerprint density at radius 2 is 1.81 bits per heavy atom. The zero-order valence-corrected chi connectivity index (χ0v) is 10.9. The summed E-state index contributed by atoms with van der Waals surface area (Å²) in [5, 5.41) is 10.4. The quantitative estimate of drug-likeness (QED) is 0.153. The van der Waals surface area contributed by atoms with E-state index >= 15 is 0 Å². The number of halogens is 1.